The molecule has 5 aromatic rings. The average molecular weight is 421 g/mol. The van der Waals surface area contributed by atoms with Crippen LogP contribution in [0.2, 0.25) is 0 Å². The van der Waals surface area contributed by atoms with Gasteiger partial charge in [0.2, 0.25) is 0 Å². The van der Waals surface area contributed by atoms with E-state index in [9.17, 15) is 4.39 Å². The third-order valence-corrected chi connectivity index (χ3v) is 5.37. The van der Waals surface area contributed by atoms with E-state index in [-0.39, 0.29) is 5.82 Å². The molecule has 0 radical (unpaired) electrons. The summed E-state index contributed by atoms with van der Waals surface area (Å²) in [5.41, 5.74) is 5.72. The number of nitrogens with one attached hydrogen (secondary N) is 2. The maximum Gasteiger partial charge on any atom is 0.123 e. The SMILES string of the molecule is C=C(/C=c1/c(-c2cc3c(-c4cccc(F)c4)nccc3[nH]2)n[nH]/c1=C/C)c1cccnc1. The van der Waals surface area contributed by atoms with Crippen molar-refractivity contribution in [3.63, 3.8) is 0 Å². The summed E-state index contributed by atoms with van der Waals surface area (Å²) < 4.78 is 13.8. The van der Waals surface area contributed by atoms with Gasteiger partial charge >= 0.3 is 0 Å². The second-order valence-corrected chi connectivity index (χ2v) is 7.41. The maximum atomic E-state index is 13.8. The second kappa shape index (κ2) is 8.07. The summed E-state index contributed by atoms with van der Waals surface area (Å²) in [5.74, 6) is -0.293. The molecule has 0 aliphatic rings. The number of halogens is 1. The number of nitrogens with zero attached hydrogens (tertiary/aromatic N) is 3. The van der Waals surface area contributed by atoms with Crippen molar-refractivity contribution >= 4 is 28.6 Å². The molecule has 0 aliphatic carbocycles. The Morgan fingerprint density at radius 2 is 1.97 bits per heavy atom. The molecular weight excluding hydrogens is 401 g/mol. The van der Waals surface area contributed by atoms with Gasteiger partial charge in [0, 0.05) is 40.3 Å². The molecular formula is C26H20FN5. The number of hydrogen-bond donors (Lipinski definition) is 2. The number of H-pyrrole nitrogens is 2. The van der Waals surface area contributed by atoms with E-state index in [0.29, 0.717) is 5.69 Å². The zero-order chi connectivity index (χ0) is 22.1. The normalized spacial score (nSPS) is 12.6. The molecule has 5 rings (SSSR count). The monoisotopic (exact) mass is 421 g/mol. The molecule has 4 aromatic heterocycles. The number of benzene rings is 1. The summed E-state index contributed by atoms with van der Waals surface area (Å²) in [6, 6.07) is 14.2. The minimum Gasteiger partial charge on any atom is -0.353 e. The third kappa shape index (κ3) is 3.52. The molecule has 156 valence electrons. The van der Waals surface area contributed by atoms with E-state index in [4.69, 9.17) is 0 Å². The Labute approximate surface area is 183 Å². The van der Waals surface area contributed by atoms with Gasteiger partial charge in [0.15, 0.2) is 0 Å². The number of rotatable bonds is 4. The first-order chi connectivity index (χ1) is 15.6. The summed E-state index contributed by atoms with van der Waals surface area (Å²) in [6.45, 7) is 6.16. The van der Waals surface area contributed by atoms with E-state index in [1.165, 1.54) is 12.1 Å². The van der Waals surface area contributed by atoms with E-state index < -0.39 is 0 Å². The van der Waals surface area contributed by atoms with Crippen LogP contribution in [0, 0.1) is 5.82 Å². The highest BCUT2D eigenvalue weighted by atomic mass is 19.1. The van der Waals surface area contributed by atoms with Crippen molar-refractivity contribution in [2.75, 3.05) is 0 Å². The highest BCUT2D eigenvalue weighted by Gasteiger charge is 2.13. The fraction of sp³-hybridized carbons (Fsp3) is 0.0385. The van der Waals surface area contributed by atoms with Crippen molar-refractivity contribution in [1.29, 1.82) is 0 Å². The Bertz CT molecular complexity index is 1560. The molecule has 5 nitrogen and oxygen atoms in total. The van der Waals surface area contributed by atoms with Crippen molar-refractivity contribution in [1.82, 2.24) is 25.1 Å². The van der Waals surface area contributed by atoms with Gasteiger partial charge in [-0.3, -0.25) is 15.1 Å². The molecule has 0 atom stereocenters. The third-order valence-electron chi connectivity index (χ3n) is 5.37. The van der Waals surface area contributed by atoms with E-state index in [1.54, 1.807) is 24.7 Å². The van der Waals surface area contributed by atoms with Crippen LogP contribution in [0.25, 0.3) is 51.3 Å². The minimum absolute atomic E-state index is 0.293. The van der Waals surface area contributed by atoms with Crippen LogP contribution in [0.5, 0.6) is 0 Å². The van der Waals surface area contributed by atoms with Gasteiger partial charge in [-0.25, -0.2) is 4.39 Å². The summed E-state index contributed by atoms with van der Waals surface area (Å²) in [7, 11) is 0. The summed E-state index contributed by atoms with van der Waals surface area (Å²) in [5, 5.41) is 10.4. The molecule has 0 unspecified atom stereocenters. The fourth-order valence-electron chi connectivity index (χ4n) is 3.79. The van der Waals surface area contributed by atoms with Crippen LogP contribution < -0.4 is 10.6 Å². The lowest BCUT2D eigenvalue weighted by Crippen LogP contribution is -2.23. The summed E-state index contributed by atoms with van der Waals surface area (Å²) in [6.07, 6.45) is 9.22. The number of hydrogen-bond acceptors (Lipinski definition) is 3. The van der Waals surface area contributed by atoms with Gasteiger partial charge in [-0.15, -0.1) is 0 Å². The molecule has 6 heteroatoms. The van der Waals surface area contributed by atoms with Gasteiger partial charge in [0.05, 0.1) is 16.7 Å². The van der Waals surface area contributed by atoms with E-state index in [2.05, 4.69) is 31.7 Å². The zero-order valence-electron chi connectivity index (χ0n) is 17.4. The van der Waals surface area contributed by atoms with Crippen LogP contribution >= 0.6 is 0 Å². The van der Waals surface area contributed by atoms with Gasteiger partial charge in [-0.2, -0.15) is 5.10 Å². The number of aromatic nitrogens is 5. The van der Waals surface area contributed by atoms with Crippen molar-refractivity contribution in [3.8, 4) is 22.6 Å². The molecule has 2 N–H and O–H groups in total. The van der Waals surface area contributed by atoms with Crippen LogP contribution in [0.4, 0.5) is 4.39 Å². The Kier molecular flexibility index (Phi) is 4.95. The Morgan fingerprint density at radius 1 is 1.06 bits per heavy atom. The number of pyridine rings is 2. The van der Waals surface area contributed by atoms with Crippen molar-refractivity contribution in [2.45, 2.75) is 6.92 Å². The highest BCUT2D eigenvalue weighted by Crippen LogP contribution is 2.29. The minimum atomic E-state index is -0.293. The Balaban J connectivity index is 1.68. The standard InChI is InChI=1S/C26H20FN5/c1-3-22-20(12-16(2)18-7-5-10-28-15-18)26(32-31-22)24-14-21-23(30-24)9-11-29-25(21)17-6-4-8-19(27)13-17/h3-15,30-31H,2H2,1H3/b20-12+,22-3+. The predicted octanol–water partition coefficient (Wildman–Crippen LogP) is 4.45. The number of aromatic amines is 2. The largest absolute Gasteiger partial charge is 0.353 e. The first-order valence-corrected chi connectivity index (χ1v) is 10.2. The molecule has 1 aromatic carbocycles. The lowest BCUT2D eigenvalue weighted by molar-refractivity contribution is 0.628. The molecule has 0 saturated carbocycles. The zero-order valence-corrected chi connectivity index (χ0v) is 17.4. The average Bonchev–Trinajstić information content (AvgIpc) is 3.43. The highest BCUT2D eigenvalue weighted by molar-refractivity contribution is 5.96. The molecule has 0 bridgehead atoms. The van der Waals surface area contributed by atoms with Crippen LogP contribution in [0.15, 0.2) is 73.7 Å². The number of fused-ring (bicyclic) bond motifs is 1. The topological polar surface area (TPSA) is 70.2 Å². The van der Waals surface area contributed by atoms with Crippen molar-refractivity contribution in [3.05, 3.63) is 95.6 Å². The van der Waals surface area contributed by atoms with E-state index in [0.717, 1.165) is 49.6 Å². The molecule has 0 fully saturated rings. The van der Waals surface area contributed by atoms with Crippen LogP contribution in [0.3, 0.4) is 0 Å². The quantitative estimate of drug-likeness (QED) is 0.450. The van der Waals surface area contributed by atoms with Crippen LogP contribution in [-0.2, 0) is 0 Å². The second-order valence-electron chi connectivity index (χ2n) is 7.41. The van der Waals surface area contributed by atoms with Crippen LogP contribution in [-0.4, -0.2) is 25.1 Å². The number of allylic oxidation sites excluding steroid dienone is 1. The predicted molar refractivity (Wildman–Crippen MR) is 126 cm³/mol. The molecule has 0 amide bonds. The first-order valence-electron chi connectivity index (χ1n) is 10.2. The Hall–Kier alpha value is -4.32. The van der Waals surface area contributed by atoms with Gasteiger partial charge < -0.3 is 4.98 Å². The van der Waals surface area contributed by atoms with Crippen molar-refractivity contribution in [2.24, 2.45) is 0 Å². The molecule has 4 heterocycles. The van der Waals surface area contributed by atoms with Crippen molar-refractivity contribution < 1.29 is 4.39 Å². The molecule has 32 heavy (non-hydrogen) atoms. The van der Waals surface area contributed by atoms with E-state index >= 15 is 0 Å². The molecule has 0 aliphatic heterocycles. The summed E-state index contributed by atoms with van der Waals surface area (Å²) in [4.78, 5) is 12.1. The molecule has 0 saturated heterocycles. The van der Waals surface area contributed by atoms with Gasteiger partial charge in [0.25, 0.3) is 0 Å². The summed E-state index contributed by atoms with van der Waals surface area (Å²) >= 11 is 0. The molecule has 0 spiro atoms. The lowest BCUT2D eigenvalue weighted by Gasteiger charge is -2.02. The smallest absolute Gasteiger partial charge is 0.123 e. The van der Waals surface area contributed by atoms with Gasteiger partial charge in [0.1, 0.15) is 11.5 Å². The van der Waals surface area contributed by atoms with Gasteiger partial charge in [-0.05, 0) is 54.5 Å². The lowest BCUT2D eigenvalue weighted by atomic mass is 10.1. The first kappa shape index (κ1) is 19.6. The Morgan fingerprint density at radius 3 is 2.75 bits per heavy atom. The maximum absolute atomic E-state index is 13.8. The van der Waals surface area contributed by atoms with Crippen LogP contribution in [0.1, 0.15) is 12.5 Å². The fourth-order valence-corrected chi connectivity index (χ4v) is 3.79. The van der Waals surface area contributed by atoms with Gasteiger partial charge in [-0.1, -0.05) is 30.9 Å². The van der Waals surface area contributed by atoms with E-state index in [1.807, 2.05) is 49.4 Å².